The van der Waals surface area contributed by atoms with Crippen LogP contribution in [0.1, 0.15) is 25.3 Å². The number of aliphatic imine (C=N–C) groups is 1. The van der Waals surface area contributed by atoms with E-state index in [2.05, 4.69) is 31.0 Å². The first-order valence-electron chi connectivity index (χ1n) is 7.52. The van der Waals surface area contributed by atoms with Crippen LogP contribution in [0.2, 0.25) is 0 Å². The molecule has 0 bridgehead atoms. The average Bonchev–Trinajstić information content (AvgIpc) is 2.52. The molecule has 6 heteroatoms. The highest BCUT2D eigenvalue weighted by molar-refractivity contribution is 14.0. The van der Waals surface area contributed by atoms with Crippen LogP contribution in [0.4, 0.5) is 0 Å². The van der Waals surface area contributed by atoms with Gasteiger partial charge in [0.2, 0.25) is 0 Å². The molecule has 2 rings (SSSR count). The second-order valence-corrected chi connectivity index (χ2v) is 5.41. The van der Waals surface area contributed by atoms with E-state index < -0.39 is 0 Å². The lowest BCUT2D eigenvalue weighted by Crippen LogP contribution is -2.45. The lowest BCUT2D eigenvalue weighted by atomic mass is 10.0. The van der Waals surface area contributed by atoms with Gasteiger partial charge in [0.15, 0.2) is 5.96 Å². The van der Waals surface area contributed by atoms with Crippen LogP contribution in [0.5, 0.6) is 5.75 Å². The quantitative estimate of drug-likeness (QED) is 0.345. The third-order valence-electron chi connectivity index (χ3n) is 3.52. The van der Waals surface area contributed by atoms with E-state index in [1.54, 1.807) is 0 Å². The summed E-state index contributed by atoms with van der Waals surface area (Å²) in [5.74, 6) is 1.99. The normalized spacial score (nSPS) is 15.6. The number of nitrogens with two attached hydrogens (primary N) is 1. The summed E-state index contributed by atoms with van der Waals surface area (Å²) in [7, 11) is 0. The van der Waals surface area contributed by atoms with Gasteiger partial charge in [-0.05, 0) is 23.6 Å². The van der Waals surface area contributed by atoms with Crippen molar-refractivity contribution in [2.75, 3.05) is 39.5 Å². The lowest BCUT2D eigenvalue weighted by Gasteiger charge is -2.27. The first-order chi connectivity index (χ1) is 10.2. The average molecular weight is 419 g/mol. The Labute approximate surface area is 149 Å². The second-order valence-electron chi connectivity index (χ2n) is 5.41. The van der Waals surface area contributed by atoms with Crippen LogP contribution in [0.15, 0.2) is 29.3 Å². The monoisotopic (exact) mass is 419 g/mol. The van der Waals surface area contributed by atoms with E-state index in [0.717, 1.165) is 32.1 Å². The van der Waals surface area contributed by atoms with Crippen molar-refractivity contribution in [1.82, 2.24) is 4.90 Å². The van der Waals surface area contributed by atoms with Crippen molar-refractivity contribution in [3.63, 3.8) is 0 Å². The SMILES string of the molecule is CC(C)c1ccc(OCCN=C(N)N2CCOCC2)cc1.I. The number of nitrogens with zero attached hydrogens (tertiary/aromatic N) is 2. The van der Waals surface area contributed by atoms with Gasteiger partial charge in [0.25, 0.3) is 0 Å². The Hall–Kier alpha value is -1.02. The fourth-order valence-corrected chi connectivity index (χ4v) is 2.17. The van der Waals surface area contributed by atoms with E-state index in [4.69, 9.17) is 15.2 Å². The Morgan fingerprint density at radius 3 is 2.50 bits per heavy atom. The first kappa shape index (κ1) is 19.0. The van der Waals surface area contributed by atoms with Crippen LogP contribution < -0.4 is 10.5 Å². The van der Waals surface area contributed by atoms with Gasteiger partial charge in [0, 0.05) is 13.1 Å². The van der Waals surface area contributed by atoms with Crippen molar-refractivity contribution in [1.29, 1.82) is 0 Å². The molecule has 1 aliphatic rings. The van der Waals surface area contributed by atoms with Gasteiger partial charge in [-0.25, -0.2) is 4.99 Å². The molecule has 0 amide bonds. The van der Waals surface area contributed by atoms with Crippen LogP contribution in [-0.2, 0) is 4.74 Å². The summed E-state index contributed by atoms with van der Waals surface area (Å²) in [6.07, 6.45) is 0. The Bertz CT molecular complexity index is 457. The number of ether oxygens (including phenoxy) is 2. The molecule has 1 fully saturated rings. The molecule has 22 heavy (non-hydrogen) atoms. The largest absolute Gasteiger partial charge is 0.492 e. The van der Waals surface area contributed by atoms with Crippen molar-refractivity contribution in [3.8, 4) is 5.75 Å². The number of rotatable bonds is 5. The maximum absolute atomic E-state index is 5.95. The van der Waals surface area contributed by atoms with Crippen molar-refractivity contribution in [2.24, 2.45) is 10.7 Å². The molecule has 0 aliphatic carbocycles. The smallest absolute Gasteiger partial charge is 0.191 e. The predicted octanol–water partition coefficient (Wildman–Crippen LogP) is 2.45. The standard InChI is InChI=1S/C16H25N3O2.HI/c1-13(2)14-3-5-15(6-4-14)21-10-7-18-16(17)19-8-11-20-12-9-19;/h3-6,13H,7-12H2,1-2H3,(H2,17,18);1H. The number of hydrogen-bond donors (Lipinski definition) is 1. The van der Waals surface area contributed by atoms with Gasteiger partial charge in [-0.2, -0.15) is 0 Å². The number of hydrogen-bond acceptors (Lipinski definition) is 3. The van der Waals surface area contributed by atoms with Gasteiger partial charge >= 0.3 is 0 Å². The molecular weight excluding hydrogens is 393 g/mol. The molecule has 1 aromatic rings. The van der Waals surface area contributed by atoms with Crippen molar-refractivity contribution in [3.05, 3.63) is 29.8 Å². The highest BCUT2D eigenvalue weighted by Crippen LogP contribution is 2.18. The Morgan fingerprint density at radius 1 is 1.27 bits per heavy atom. The minimum atomic E-state index is 0. The van der Waals surface area contributed by atoms with Gasteiger partial charge in [-0.3, -0.25) is 0 Å². The molecule has 0 spiro atoms. The molecule has 0 aromatic heterocycles. The molecule has 1 saturated heterocycles. The summed E-state index contributed by atoms with van der Waals surface area (Å²) in [4.78, 5) is 6.39. The third kappa shape index (κ3) is 6.00. The molecule has 5 nitrogen and oxygen atoms in total. The maximum Gasteiger partial charge on any atom is 0.191 e. The van der Waals surface area contributed by atoms with Gasteiger partial charge in [-0.1, -0.05) is 26.0 Å². The van der Waals surface area contributed by atoms with E-state index in [1.807, 2.05) is 17.0 Å². The van der Waals surface area contributed by atoms with E-state index in [0.29, 0.717) is 25.0 Å². The zero-order valence-corrected chi connectivity index (χ0v) is 15.7. The minimum Gasteiger partial charge on any atom is -0.492 e. The summed E-state index contributed by atoms with van der Waals surface area (Å²) in [5, 5.41) is 0. The number of halogens is 1. The van der Waals surface area contributed by atoms with Crippen LogP contribution in [-0.4, -0.2) is 50.3 Å². The molecule has 1 aromatic carbocycles. The third-order valence-corrected chi connectivity index (χ3v) is 3.52. The highest BCUT2D eigenvalue weighted by atomic mass is 127. The molecule has 1 heterocycles. The minimum absolute atomic E-state index is 0. The highest BCUT2D eigenvalue weighted by Gasteiger charge is 2.11. The Morgan fingerprint density at radius 2 is 1.91 bits per heavy atom. The summed E-state index contributed by atoms with van der Waals surface area (Å²) in [6, 6.07) is 8.21. The van der Waals surface area contributed by atoms with Crippen LogP contribution in [0.3, 0.4) is 0 Å². The Kier molecular flexibility index (Phi) is 8.55. The summed E-state index contributed by atoms with van der Waals surface area (Å²) in [5.41, 5.74) is 7.26. The summed E-state index contributed by atoms with van der Waals surface area (Å²) < 4.78 is 11.0. The van der Waals surface area contributed by atoms with Gasteiger partial charge in [-0.15, -0.1) is 24.0 Å². The van der Waals surface area contributed by atoms with Crippen molar-refractivity contribution in [2.45, 2.75) is 19.8 Å². The van der Waals surface area contributed by atoms with Crippen LogP contribution in [0, 0.1) is 0 Å². The maximum atomic E-state index is 5.95. The van der Waals surface area contributed by atoms with Crippen LogP contribution >= 0.6 is 24.0 Å². The number of guanidine groups is 1. The first-order valence-corrected chi connectivity index (χ1v) is 7.52. The number of benzene rings is 1. The molecule has 0 unspecified atom stereocenters. The fourth-order valence-electron chi connectivity index (χ4n) is 2.17. The van der Waals surface area contributed by atoms with Crippen molar-refractivity contribution < 1.29 is 9.47 Å². The molecule has 1 aliphatic heterocycles. The molecule has 0 saturated carbocycles. The van der Waals surface area contributed by atoms with Gasteiger partial charge in [0.05, 0.1) is 19.8 Å². The second kappa shape index (κ2) is 9.89. The fraction of sp³-hybridized carbons (Fsp3) is 0.562. The zero-order chi connectivity index (χ0) is 15.1. The van der Waals surface area contributed by atoms with E-state index in [9.17, 15) is 0 Å². The van der Waals surface area contributed by atoms with E-state index in [-0.39, 0.29) is 24.0 Å². The van der Waals surface area contributed by atoms with E-state index in [1.165, 1.54) is 5.56 Å². The van der Waals surface area contributed by atoms with Crippen molar-refractivity contribution >= 4 is 29.9 Å². The predicted molar refractivity (Wildman–Crippen MR) is 100 cm³/mol. The Balaban J connectivity index is 0.00000242. The lowest BCUT2D eigenvalue weighted by molar-refractivity contribution is 0.0674. The van der Waals surface area contributed by atoms with Gasteiger partial charge < -0.3 is 20.1 Å². The molecule has 0 atom stereocenters. The number of morpholine rings is 1. The molecule has 0 radical (unpaired) electrons. The molecule has 124 valence electrons. The molecular formula is C16H26IN3O2. The van der Waals surface area contributed by atoms with E-state index >= 15 is 0 Å². The van der Waals surface area contributed by atoms with Crippen LogP contribution in [0.25, 0.3) is 0 Å². The topological polar surface area (TPSA) is 60.1 Å². The molecule has 2 N–H and O–H groups in total. The summed E-state index contributed by atoms with van der Waals surface area (Å²) in [6.45, 7) is 8.52. The zero-order valence-electron chi connectivity index (χ0n) is 13.3. The van der Waals surface area contributed by atoms with Gasteiger partial charge in [0.1, 0.15) is 12.4 Å². The summed E-state index contributed by atoms with van der Waals surface area (Å²) >= 11 is 0.